The van der Waals surface area contributed by atoms with Gasteiger partial charge in [0, 0.05) is 5.56 Å². The molecule has 1 amide bonds. The van der Waals surface area contributed by atoms with Crippen LogP contribution in [0.1, 0.15) is 30.6 Å². The van der Waals surface area contributed by atoms with Gasteiger partial charge in [-0.25, -0.2) is 9.37 Å². The van der Waals surface area contributed by atoms with Crippen molar-refractivity contribution in [3.05, 3.63) is 35.0 Å². The Morgan fingerprint density at radius 2 is 1.88 bits per heavy atom. The number of rotatable bonds is 4. The number of carbonyl (C=O) groups is 2. The minimum Gasteiger partial charge on any atom is -0.481 e. The Morgan fingerprint density at radius 1 is 1.23 bits per heavy atom. The third-order valence-corrected chi connectivity index (χ3v) is 5.37. The summed E-state index contributed by atoms with van der Waals surface area (Å²) in [6.45, 7) is 0. The highest BCUT2D eigenvalue weighted by atomic mass is 32.1. The Kier molecular flexibility index (Phi) is 5.28. The molecule has 8 heteroatoms. The zero-order chi connectivity index (χ0) is 18.7. The van der Waals surface area contributed by atoms with Crippen LogP contribution in [-0.2, 0) is 9.59 Å². The van der Waals surface area contributed by atoms with E-state index in [1.807, 2.05) is 6.07 Å². The van der Waals surface area contributed by atoms with Gasteiger partial charge in [0.1, 0.15) is 22.5 Å². The molecule has 1 heterocycles. The largest absolute Gasteiger partial charge is 0.481 e. The number of carboxylic acid groups (broad SMARTS) is 1. The molecule has 1 aliphatic rings. The number of hydrogen-bond acceptors (Lipinski definition) is 5. The van der Waals surface area contributed by atoms with Gasteiger partial charge in [-0.3, -0.25) is 9.59 Å². The van der Waals surface area contributed by atoms with Crippen molar-refractivity contribution in [1.29, 1.82) is 5.26 Å². The van der Waals surface area contributed by atoms with E-state index in [1.54, 1.807) is 0 Å². The Morgan fingerprint density at radius 3 is 2.50 bits per heavy atom. The number of carboxylic acids is 1. The SMILES string of the molecule is N#Cc1sc(NC(=O)[C@H]2CCCC[C@@H]2C(=O)O)nc1-c1ccc(F)cc1. The van der Waals surface area contributed by atoms with Gasteiger partial charge in [0.15, 0.2) is 5.13 Å². The highest BCUT2D eigenvalue weighted by Gasteiger charge is 2.36. The summed E-state index contributed by atoms with van der Waals surface area (Å²) in [6, 6.07) is 7.59. The van der Waals surface area contributed by atoms with Gasteiger partial charge >= 0.3 is 5.97 Å². The Hall–Kier alpha value is -2.79. The van der Waals surface area contributed by atoms with Gasteiger partial charge < -0.3 is 10.4 Å². The smallest absolute Gasteiger partial charge is 0.307 e. The zero-order valence-corrected chi connectivity index (χ0v) is 14.6. The van der Waals surface area contributed by atoms with Crippen molar-refractivity contribution in [1.82, 2.24) is 4.98 Å². The molecule has 0 aliphatic heterocycles. The molecule has 1 saturated carbocycles. The Labute approximate surface area is 153 Å². The summed E-state index contributed by atoms with van der Waals surface area (Å²) in [4.78, 5) is 28.5. The molecule has 2 N–H and O–H groups in total. The first-order valence-electron chi connectivity index (χ1n) is 8.20. The molecule has 6 nitrogen and oxygen atoms in total. The van der Waals surface area contributed by atoms with Crippen molar-refractivity contribution in [2.75, 3.05) is 5.32 Å². The van der Waals surface area contributed by atoms with Crippen LogP contribution in [0, 0.1) is 29.0 Å². The molecule has 3 rings (SSSR count). The lowest BCUT2D eigenvalue weighted by Gasteiger charge is -2.26. The van der Waals surface area contributed by atoms with Gasteiger partial charge in [0.25, 0.3) is 0 Å². The minimum atomic E-state index is -0.964. The van der Waals surface area contributed by atoms with Crippen LogP contribution < -0.4 is 5.32 Å². The molecule has 0 bridgehead atoms. The molecule has 0 saturated heterocycles. The van der Waals surface area contributed by atoms with Crippen LogP contribution in [0.5, 0.6) is 0 Å². The number of thiazole rings is 1. The Bertz CT molecular complexity index is 873. The van der Waals surface area contributed by atoms with Crippen molar-refractivity contribution in [3.63, 3.8) is 0 Å². The number of nitrogens with one attached hydrogen (secondary N) is 1. The molecule has 0 radical (unpaired) electrons. The highest BCUT2D eigenvalue weighted by Crippen LogP contribution is 2.34. The molecule has 1 aromatic carbocycles. The number of anilines is 1. The monoisotopic (exact) mass is 373 g/mol. The molecule has 1 aromatic heterocycles. The van der Waals surface area contributed by atoms with E-state index in [-0.39, 0.29) is 11.0 Å². The average Bonchev–Trinajstić information content (AvgIpc) is 3.05. The number of halogens is 1. The van der Waals surface area contributed by atoms with Gasteiger partial charge in [0.2, 0.25) is 5.91 Å². The van der Waals surface area contributed by atoms with E-state index >= 15 is 0 Å². The fraction of sp³-hybridized carbons (Fsp3) is 0.333. The normalized spacial score (nSPS) is 19.5. The minimum absolute atomic E-state index is 0.237. The number of nitrogens with zero attached hydrogens (tertiary/aromatic N) is 2. The van der Waals surface area contributed by atoms with E-state index in [2.05, 4.69) is 10.3 Å². The third-order valence-electron chi connectivity index (χ3n) is 4.50. The summed E-state index contributed by atoms with van der Waals surface area (Å²) in [7, 11) is 0. The molecule has 1 aliphatic carbocycles. The molecule has 2 atom stereocenters. The van der Waals surface area contributed by atoms with E-state index in [1.165, 1.54) is 24.3 Å². The lowest BCUT2D eigenvalue weighted by molar-refractivity contribution is -0.147. The van der Waals surface area contributed by atoms with Crippen LogP contribution in [0.2, 0.25) is 0 Å². The summed E-state index contributed by atoms with van der Waals surface area (Å²) >= 11 is 1.02. The first kappa shape index (κ1) is 18.0. The molecule has 134 valence electrons. The summed E-state index contributed by atoms with van der Waals surface area (Å²) in [5, 5.41) is 21.5. The molecule has 0 unspecified atom stereocenters. The molecule has 2 aromatic rings. The standard InChI is InChI=1S/C18H16FN3O3S/c19-11-7-5-10(6-8-11)15-14(9-20)26-18(21-15)22-16(23)12-3-1-2-4-13(12)17(24)25/h5-8,12-13H,1-4H2,(H,24,25)(H,21,22,23)/t12-,13-/m0/s1. The maximum atomic E-state index is 13.1. The number of carbonyl (C=O) groups excluding carboxylic acids is 1. The van der Waals surface area contributed by atoms with Gasteiger partial charge in [0.05, 0.1) is 11.8 Å². The van der Waals surface area contributed by atoms with Crippen LogP contribution in [0.3, 0.4) is 0 Å². The Balaban J connectivity index is 1.82. The fourth-order valence-electron chi connectivity index (χ4n) is 3.19. The van der Waals surface area contributed by atoms with Crippen molar-refractivity contribution in [3.8, 4) is 17.3 Å². The van der Waals surface area contributed by atoms with Crippen LogP contribution in [0.4, 0.5) is 9.52 Å². The number of aliphatic carboxylic acids is 1. The predicted octanol–water partition coefficient (Wildman–Crippen LogP) is 3.65. The summed E-state index contributed by atoms with van der Waals surface area (Å²) in [5.74, 6) is -3.05. The van der Waals surface area contributed by atoms with Gasteiger partial charge in [-0.15, -0.1) is 0 Å². The fourth-order valence-corrected chi connectivity index (χ4v) is 3.98. The van der Waals surface area contributed by atoms with Gasteiger partial charge in [-0.05, 0) is 37.1 Å². The number of hydrogen-bond donors (Lipinski definition) is 2. The molecular formula is C18H16FN3O3S. The maximum absolute atomic E-state index is 13.1. The molecule has 0 spiro atoms. The van der Waals surface area contributed by atoms with E-state index in [0.717, 1.165) is 24.2 Å². The molecular weight excluding hydrogens is 357 g/mol. The van der Waals surface area contributed by atoms with Crippen molar-refractivity contribution in [2.24, 2.45) is 11.8 Å². The maximum Gasteiger partial charge on any atom is 0.307 e. The first-order chi connectivity index (χ1) is 12.5. The van der Waals surface area contributed by atoms with E-state index < -0.39 is 23.6 Å². The first-order valence-corrected chi connectivity index (χ1v) is 9.01. The molecule has 26 heavy (non-hydrogen) atoms. The van der Waals surface area contributed by atoms with Crippen LogP contribution in [0.25, 0.3) is 11.3 Å². The summed E-state index contributed by atoms with van der Waals surface area (Å²) in [5.41, 5.74) is 0.937. The third kappa shape index (κ3) is 3.73. The topological polar surface area (TPSA) is 103 Å². The number of amides is 1. The van der Waals surface area contributed by atoms with Crippen LogP contribution >= 0.6 is 11.3 Å². The second-order valence-electron chi connectivity index (χ2n) is 6.14. The van der Waals surface area contributed by atoms with E-state index in [0.29, 0.717) is 29.0 Å². The zero-order valence-electron chi connectivity index (χ0n) is 13.7. The number of benzene rings is 1. The van der Waals surface area contributed by atoms with Crippen LogP contribution in [-0.4, -0.2) is 22.0 Å². The van der Waals surface area contributed by atoms with Crippen LogP contribution in [0.15, 0.2) is 24.3 Å². The highest BCUT2D eigenvalue weighted by molar-refractivity contribution is 7.16. The summed E-state index contributed by atoms with van der Waals surface area (Å²) in [6.07, 6.45) is 2.61. The van der Waals surface area contributed by atoms with E-state index in [9.17, 15) is 24.3 Å². The van der Waals surface area contributed by atoms with Gasteiger partial charge in [-0.2, -0.15) is 5.26 Å². The quantitative estimate of drug-likeness (QED) is 0.851. The summed E-state index contributed by atoms with van der Waals surface area (Å²) < 4.78 is 13.1. The predicted molar refractivity (Wildman–Crippen MR) is 93.9 cm³/mol. The van der Waals surface area contributed by atoms with Crippen molar-refractivity contribution >= 4 is 28.3 Å². The van der Waals surface area contributed by atoms with Gasteiger partial charge in [-0.1, -0.05) is 24.2 Å². The lowest BCUT2D eigenvalue weighted by Crippen LogP contribution is -2.36. The number of aromatic nitrogens is 1. The van der Waals surface area contributed by atoms with Crippen molar-refractivity contribution in [2.45, 2.75) is 25.7 Å². The molecule has 1 fully saturated rings. The number of nitriles is 1. The second-order valence-corrected chi connectivity index (χ2v) is 7.14. The van der Waals surface area contributed by atoms with E-state index in [4.69, 9.17) is 0 Å². The average molecular weight is 373 g/mol. The lowest BCUT2D eigenvalue weighted by atomic mass is 9.79. The second kappa shape index (κ2) is 7.62. The van der Waals surface area contributed by atoms with Crippen molar-refractivity contribution < 1.29 is 19.1 Å².